The Morgan fingerprint density at radius 2 is 1.80 bits per heavy atom. The van der Waals surface area contributed by atoms with E-state index < -0.39 is 23.0 Å². The molecule has 1 atom stereocenters. The fraction of sp³-hybridized carbons (Fsp3) is 0.538. The van der Waals surface area contributed by atoms with Gasteiger partial charge in [-0.3, -0.25) is 0 Å². The van der Waals surface area contributed by atoms with Crippen molar-refractivity contribution in [2.45, 2.75) is 31.2 Å². The Morgan fingerprint density at radius 3 is 2.25 bits per heavy atom. The van der Waals surface area contributed by atoms with Gasteiger partial charge in [-0.25, -0.2) is 17.2 Å². The Kier molecular flexibility index (Phi) is 6.04. The van der Waals surface area contributed by atoms with Crippen molar-refractivity contribution in [3.05, 3.63) is 29.8 Å². The topological polar surface area (TPSA) is 49.4 Å². The average molecular weight is 306 g/mol. The molecule has 114 valence electrons. The summed E-state index contributed by atoms with van der Waals surface area (Å²) < 4.78 is 49.3. The molecule has 1 aromatic rings. The maximum Gasteiger partial charge on any atom is 0.252 e. The number of sulfonamides is 1. The Balaban J connectivity index is 2.92. The lowest BCUT2D eigenvalue weighted by molar-refractivity contribution is 0.126. The summed E-state index contributed by atoms with van der Waals surface area (Å²) in [5, 5.41) is 3.21. The molecule has 1 aromatic carbocycles. The van der Waals surface area contributed by atoms with Crippen molar-refractivity contribution in [1.29, 1.82) is 0 Å². The highest BCUT2D eigenvalue weighted by molar-refractivity contribution is 7.89. The lowest BCUT2D eigenvalue weighted by Crippen LogP contribution is -2.31. The molecular weight excluding hydrogens is 286 g/mol. The second kappa shape index (κ2) is 7.10. The molecule has 1 rings (SSSR count). The number of halogens is 2. The number of nitrogens with zero attached hydrogens (tertiary/aromatic N) is 1. The van der Waals surface area contributed by atoms with Gasteiger partial charge in [0.1, 0.15) is 0 Å². The van der Waals surface area contributed by atoms with Crippen molar-refractivity contribution < 1.29 is 17.2 Å². The van der Waals surface area contributed by atoms with Crippen molar-refractivity contribution in [3.8, 4) is 0 Å². The predicted octanol–water partition coefficient (Wildman–Crippen LogP) is 2.24. The second-order valence-corrected chi connectivity index (χ2v) is 6.57. The van der Waals surface area contributed by atoms with Crippen LogP contribution in [-0.2, 0) is 10.0 Å². The second-order valence-electron chi connectivity index (χ2n) is 4.53. The van der Waals surface area contributed by atoms with Crippen LogP contribution in [0, 0.1) is 0 Å². The van der Waals surface area contributed by atoms with Crippen molar-refractivity contribution in [2.24, 2.45) is 0 Å². The zero-order valence-electron chi connectivity index (χ0n) is 11.8. The third-order valence-corrected chi connectivity index (χ3v) is 4.83. The molecule has 4 nitrogen and oxygen atoms in total. The maximum absolute atomic E-state index is 12.3. The third-order valence-electron chi connectivity index (χ3n) is 2.99. The Hall–Kier alpha value is -1.05. The van der Waals surface area contributed by atoms with E-state index in [-0.39, 0.29) is 10.9 Å². The van der Waals surface area contributed by atoms with Crippen molar-refractivity contribution >= 4 is 10.0 Å². The zero-order valence-corrected chi connectivity index (χ0v) is 12.6. The molecule has 0 heterocycles. The van der Waals surface area contributed by atoms with Crippen LogP contribution in [0.1, 0.15) is 25.5 Å². The molecule has 0 amide bonds. The van der Waals surface area contributed by atoms with Gasteiger partial charge in [-0.2, -0.15) is 4.31 Å². The largest absolute Gasteiger partial charge is 0.310 e. The summed E-state index contributed by atoms with van der Waals surface area (Å²) in [5.74, 6) is 0. The predicted molar refractivity (Wildman–Crippen MR) is 74.4 cm³/mol. The molecule has 0 bridgehead atoms. The van der Waals surface area contributed by atoms with E-state index in [1.807, 2.05) is 13.8 Å². The lowest BCUT2D eigenvalue weighted by Gasteiger charge is -2.18. The third kappa shape index (κ3) is 4.22. The molecule has 20 heavy (non-hydrogen) atoms. The van der Waals surface area contributed by atoms with Crippen molar-refractivity contribution in [3.63, 3.8) is 0 Å². The highest BCUT2D eigenvalue weighted by atomic mass is 32.2. The number of nitrogens with one attached hydrogen (secondary N) is 1. The summed E-state index contributed by atoms with van der Waals surface area (Å²) in [6.07, 6.45) is -2.69. The number of rotatable bonds is 7. The minimum absolute atomic E-state index is 0.0214. The van der Waals surface area contributed by atoms with Gasteiger partial charge in [-0.15, -0.1) is 0 Å². The van der Waals surface area contributed by atoms with E-state index in [4.69, 9.17) is 0 Å². The monoisotopic (exact) mass is 306 g/mol. The molecule has 1 unspecified atom stereocenters. The van der Waals surface area contributed by atoms with Crippen LogP contribution in [0.25, 0.3) is 0 Å². The molecule has 0 radical (unpaired) electrons. The Labute approximate surface area is 118 Å². The van der Waals surface area contributed by atoms with Gasteiger partial charge in [0.05, 0.1) is 11.4 Å². The minimum atomic E-state index is -3.86. The minimum Gasteiger partial charge on any atom is -0.310 e. The van der Waals surface area contributed by atoms with Crippen LogP contribution in [-0.4, -0.2) is 39.3 Å². The van der Waals surface area contributed by atoms with E-state index in [1.165, 1.54) is 12.1 Å². The van der Waals surface area contributed by atoms with E-state index in [2.05, 4.69) is 5.32 Å². The highest BCUT2D eigenvalue weighted by Crippen LogP contribution is 2.19. The number of alkyl halides is 2. The molecule has 0 aliphatic carbocycles. The summed E-state index contributed by atoms with van der Waals surface area (Å²) in [6, 6.07) is 6.38. The summed E-state index contributed by atoms with van der Waals surface area (Å²) in [7, 11) is -2.71. The van der Waals surface area contributed by atoms with Crippen molar-refractivity contribution in [1.82, 2.24) is 9.62 Å². The maximum atomic E-state index is 12.3. The van der Waals surface area contributed by atoms with Gasteiger partial charge in [-0.05, 0) is 31.2 Å². The molecule has 0 aliphatic rings. The van der Waals surface area contributed by atoms with Gasteiger partial charge in [0, 0.05) is 13.1 Å². The van der Waals surface area contributed by atoms with Crippen LogP contribution in [0.4, 0.5) is 8.78 Å². The Bertz CT molecular complexity index is 518. The van der Waals surface area contributed by atoms with E-state index >= 15 is 0 Å². The van der Waals surface area contributed by atoms with Crippen LogP contribution in [0.3, 0.4) is 0 Å². The van der Waals surface area contributed by atoms with Crippen LogP contribution in [0.5, 0.6) is 0 Å². The highest BCUT2D eigenvalue weighted by Gasteiger charge is 2.23. The van der Waals surface area contributed by atoms with Gasteiger partial charge >= 0.3 is 0 Å². The van der Waals surface area contributed by atoms with Gasteiger partial charge in [0.2, 0.25) is 10.0 Å². The molecule has 0 aromatic heterocycles. The summed E-state index contributed by atoms with van der Waals surface area (Å²) >= 11 is 0. The van der Waals surface area contributed by atoms with Crippen LogP contribution >= 0.6 is 0 Å². The van der Waals surface area contributed by atoms with Crippen LogP contribution in [0.15, 0.2) is 29.2 Å². The SMILES string of the molecule is CCNC(C)c1ccc(S(=O)(=O)N(C)CC(F)F)cc1. The Morgan fingerprint density at radius 1 is 1.25 bits per heavy atom. The average Bonchev–Trinajstić information content (AvgIpc) is 2.38. The molecular formula is C13H20F2N2O2S. The molecule has 0 spiro atoms. The van der Waals surface area contributed by atoms with Gasteiger partial charge in [0.25, 0.3) is 6.43 Å². The first-order valence-electron chi connectivity index (χ1n) is 6.36. The molecule has 0 aliphatic heterocycles. The summed E-state index contributed by atoms with van der Waals surface area (Å²) in [4.78, 5) is 0.0214. The zero-order chi connectivity index (χ0) is 15.3. The number of hydrogen-bond acceptors (Lipinski definition) is 3. The lowest BCUT2D eigenvalue weighted by atomic mass is 10.1. The smallest absolute Gasteiger partial charge is 0.252 e. The first-order chi connectivity index (χ1) is 9.28. The van der Waals surface area contributed by atoms with Gasteiger partial charge in [-0.1, -0.05) is 19.1 Å². The summed E-state index contributed by atoms with van der Waals surface area (Å²) in [6.45, 7) is 3.95. The first-order valence-corrected chi connectivity index (χ1v) is 7.80. The number of hydrogen-bond donors (Lipinski definition) is 1. The molecule has 0 saturated carbocycles. The van der Waals surface area contributed by atoms with Crippen LogP contribution in [0.2, 0.25) is 0 Å². The molecule has 0 saturated heterocycles. The van der Waals surface area contributed by atoms with E-state index in [0.717, 1.165) is 19.2 Å². The van der Waals surface area contributed by atoms with E-state index in [1.54, 1.807) is 12.1 Å². The molecule has 1 N–H and O–H groups in total. The first kappa shape index (κ1) is 17.0. The molecule has 0 fully saturated rings. The standard InChI is InChI=1S/C13H20F2N2O2S/c1-4-16-10(2)11-5-7-12(8-6-11)20(18,19)17(3)9-13(14)15/h5-8,10,13,16H,4,9H2,1-3H3. The quantitative estimate of drug-likeness (QED) is 0.840. The van der Waals surface area contributed by atoms with Crippen molar-refractivity contribution in [2.75, 3.05) is 20.1 Å². The molecule has 7 heteroatoms. The van der Waals surface area contributed by atoms with Gasteiger partial charge < -0.3 is 5.32 Å². The number of benzene rings is 1. The summed E-state index contributed by atoms with van der Waals surface area (Å²) in [5.41, 5.74) is 0.947. The van der Waals surface area contributed by atoms with Crippen LogP contribution < -0.4 is 5.32 Å². The van der Waals surface area contributed by atoms with E-state index in [9.17, 15) is 17.2 Å². The van der Waals surface area contributed by atoms with Gasteiger partial charge in [0.15, 0.2) is 0 Å². The van der Waals surface area contributed by atoms with E-state index in [0.29, 0.717) is 4.31 Å². The fourth-order valence-corrected chi connectivity index (χ4v) is 2.97. The normalized spacial score (nSPS) is 13.9. The fourth-order valence-electron chi connectivity index (χ4n) is 1.82.